The van der Waals surface area contributed by atoms with Crippen LogP contribution in [0.5, 0.6) is 11.5 Å². The highest BCUT2D eigenvalue weighted by molar-refractivity contribution is 5.94. The third kappa shape index (κ3) is 3.45. The minimum absolute atomic E-state index is 0.0200. The third-order valence-corrected chi connectivity index (χ3v) is 2.71. The molecule has 19 heavy (non-hydrogen) atoms. The van der Waals surface area contributed by atoms with Gasteiger partial charge in [-0.1, -0.05) is 36.4 Å². The molecule has 2 N–H and O–H groups in total. The molecule has 0 aliphatic carbocycles. The van der Waals surface area contributed by atoms with E-state index in [-0.39, 0.29) is 17.3 Å². The van der Waals surface area contributed by atoms with Crippen molar-refractivity contribution in [3.05, 3.63) is 59.2 Å². The number of hydrogen-bond donors (Lipinski definition) is 2. The Morgan fingerprint density at radius 1 is 0.895 bits per heavy atom. The molecule has 0 aliphatic heterocycles. The summed E-state index contributed by atoms with van der Waals surface area (Å²) in [5.74, 6) is 0.0755. The summed E-state index contributed by atoms with van der Waals surface area (Å²) < 4.78 is 0. The molecule has 2 rings (SSSR count). The van der Waals surface area contributed by atoms with E-state index in [0.717, 1.165) is 5.56 Å². The molecule has 0 heterocycles. The molecule has 3 heteroatoms. The largest absolute Gasteiger partial charge is 0.508 e. The first kappa shape index (κ1) is 12.9. The molecule has 0 unspecified atom stereocenters. The van der Waals surface area contributed by atoms with Gasteiger partial charge in [-0.25, -0.2) is 0 Å². The van der Waals surface area contributed by atoms with Gasteiger partial charge in [-0.2, -0.15) is 0 Å². The van der Waals surface area contributed by atoms with Crippen molar-refractivity contribution >= 4 is 17.9 Å². The summed E-state index contributed by atoms with van der Waals surface area (Å²) in [4.78, 5) is 11.1. The average molecular weight is 254 g/mol. The number of rotatable bonds is 3. The highest BCUT2D eigenvalue weighted by atomic mass is 16.3. The summed E-state index contributed by atoms with van der Waals surface area (Å²) in [7, 11) is 0. The molecule has 0 fully saturated rings. The Kier molecular flexibility index (Phi) is 3.66. The molecule has 0 aliphatic rings. The number of phenolic OH excluding ortho intramolecular Hbond substituents is 2. The molecule has 0 saturated heterocycles. The Bertz CT molecular complexity index is 605. The van der Waals surface area contributed by atoms with E-state index in [9.17, 15) is 15.0 Å². The van der Waals surface area contributed by atoms with Gasteiger partial charge < -0.3 is 10.2 Å². The Morgan fingerprint density at radius 3 is 1.95 bits per heavy atom. The lowest BCUT2D eigenvalue weighted by Gasteiger charge is -1.99. The van der Waals surface area contributed by atoms with Crippen LogP contribution in [0.25, 0.3) is 12.2 Å². The van der Waals surface area contributed by atoms with Crippen molar-refractivity contribution in [1.82, 2.24) is 0 Å². The predicted molar refractivity (Wildman–Crippen MR) is 75.1 cm³/mol. The van der Waals surface area contributed by atoms with Crippen LogP contribution in [0.4, 0.5) is 0 Å². The van der Waals surface area contributed by atoms with Crippen LogP contribution in [0, 0.1) is 0 Å². The second kappa shape index (κ2) is 5.40. The first-order chi connectivity index (χ1) is 9.04. The van der Waals surface area contributed by atoms with Gasteiger partial charge in [-0.15, -0.1) is 0 Å². The maximum atomic E-state index is 11.1. The summed E-state index contributed by atoms with van der Waals surface area (Å²) >= 11 is 0. The predicted octanol–water partition coefficient (Wildman–Crippen LogP) is 3.47. The zero-order valence-electron chi connectivity index (χ0n) is 10.5. The smallest absolute Gasteiger partial charge is 0.159 e. The van der Waals surface area contributed by atoms with Gasteiger partial charge in [0.05, 0.1) is 0 Å². The van der Waals surface area contributed by atoms with Gasteiger partial charge in [-0.3, -0.25) is 4.79 Å². The van der Waals surface area contributed by atoms with E-state index in [4.69, 9.17) is 0 Å². The van der Waals surface area contributed by atoms with E-state index in [2.05, 4.69) is 0 Å². The van der Waals surface area contributed by atoms with Crippen molar-refractivity contribution < 1.29 is 15.0 Å². The van der Waals surface area contributed by atoms with Crippen LogP contribution in [-0.4, -0.2) is 16.0 Å². The SMILES string of the molecule is CC(=O)c1ccc(C=Cc2cc(O)cc(O)c2)cc1. The number of Topliss-reactive ketones (excluding diaryl/α,β-unsaturated/α-hetero) is 1. The number of ketones is 1. The lowest BCUT2D eigenvalue weighted by Crippen LogP contribution is -1.90. The van der Waals surface area contributed by atoms with E-state index >= 15 is 0 Å². The Hall–Kier alpha value is -2.55. The third-order valence-electron chi connectivity index (χ3n) is 2.71. The van der Waals surface area contributed by atoms with Crippen molar-refractivity contribution in [3.8, 4) is 11.5 Å². The minimum Gasteiger partial charge on any atom is -0.508 e. The van der Waals surface area contributed by atoms with Crippen LogP contribution in [0.2, 0.25) is 0 Å². The fourth-order valence-corrected chi connectivity index (χ4v) is 1.74. The van der Waals surface area contributed by atoms with Crippen LogP contribution in [0.1, 0.15) is 28.4 Å². The van der Waals surface area contributed by atoms with E-state index in [0.29, 0.717) is 11.1 Å². The van der Waals surface area contributed by atoms with Crippen LogP contribution in [0.15, 0.2) is 42.5 Å². The van der Waals surface area contributed by atoms with Crippen molar-refractivity contribution in [2.45, 2.75) is 6.92 Å². The number of phenols is 2. The molecule has 0 saturated carbocycles. The van der Waals surface area contributed by atoms with Crippen LogP contribution in [-0.2, 0) is 0 Å². The molecule has 2 aromatic carbocycles. The summed E-state index contributed by atoms with van der Waals surface area (Å²) in [6.07, 6.45) is 3.63. The first-order valence-corrected chi connectivity index (χ1v) is 5.87. The molecule has 96 valence electrons. The van der Waals surface area contributed by atoms with Crippen LogP contribution >= 0.6 is 0 Å². The molecular formula is C16H14O3. The van der Waals surface area contributed by atoms with Gasteiger partial charge in [0.25, 0.3) is 0 Å². The second-order valence-electron chi connectivity index (χ2n) is 4.29. The van der Waals surface area contributed by atoms with Crippen molar-refractivity contribution in [1.29, 1.82) is 0 Å². The Morgan fingerprint density at radius 2 is 1.42 bits per heavy atom. The summed E-state index contributed by atoms with van der Waals surface area (Å²) in [5.41, 5.74) is 2.31. The number of hydrogen-bond acceptors (Lipinski definition) is 3. The first-order valence-electron chi connectivity index (χ1n) is 5.87. The number of carbonyl (C=O) groups is 1. The minimum atomic E-state index is 0.0200. The average Bonchev–Trinajstić information content (AvgIpc) is 2.36. The molecule has 0 atom stereocenters. The highest BCUT2D eigenvalue weighted by Crippen LogP contribution is 2.22. The lowest BCUT2D eigenvalue weighted by atomic mass is 10.1. The monoisotopic (exact) mass is 254 g/mol. The van der Waals surface area contributed by atoms with Gasteiger partial charge in [0.2, 0.25) is 0 Å². The van der Waals surface area contributed by atoms with E-state index in [1.54, 1.807) is 30.3 Å². The maximum absolute atomic E-state index is 11.1. The quantitative estimate of drug-likeness (QED) is 0.651. The normalized spacial score (nSPS) is 10.8. The van der Waals surface area contributed by atoms with Crippen LogP contribution in [0.3, 0.4) is 0 Å². The zero-order valence-corrected chi connectivity index (χ0v) is 10.5. The fourth-order valence-electron chi connectivity index (χ4n) is 1.74. The van der Waals surface area contributed by atoms with Gasteiger partial charge in [0, 0.05) is 11.6 Å². The second-order valence-corrected chi connectivity index (χ2v) is 4.29. The molecule has 2 aromatic rings. The standard InChI is InChI=1S/C16H14O3/c1-11(17)14-6-4-12(5-7-14)2-3-13-8-15(18)10-16(19)9-13/h2-10,18-19H,1H3. The van der Waals surface area contributed by atoms with E-state index in [1.807, 2.05) is 18.2 Å². The van der Waals surface area contributed by atoms with Crippen molar-refractivity contribution in [2.75, 3.05) is 0 Å². The Labute approximate surface area is 111 Å². The number of benzene rings is 2. The summed E-state index contributed by atoms with van der Waals surface area (Å²) in [6.45, 7) is 1.53. The molecule has 0 bridgehead atoms. The van der Waals surface area contributed by atoms with Crippen molar-refractivity contribution in [3.63, 3.8) is 0 Å². The molecule has 0 radical (unpaired) electrons. The summed E-state index contributed by atoms with van der Waals surface area (Å²) in [5, 5.41) is 18.7. The zero-order chi connectivity index (χ0) is 13.8. The number of carbonyl (C=O) groups excluding carboxylic acids is 1. The van der Waals surface area contributed by atoms with Gasteiger partial charge in [0.1, 0.15) is 11.5 Å². The molecule has 0 aromatic heterocycles. The lowest BCUT2D eigenvalue weighted by molar-refractivity contribution is 0.101. The number of aromatic hydroxyl groups is 2. The summed E-state index contributed by atoms with van der Waals surface area (Å²) in [6, 6.07) is 11.6. The molecule has 3 nitrogen and oxygen atoms in total. The van der Waals surface area contributed by atoms with Crippen molar-refractivity contribution in [2.24, 2.45) is 0 Å². The fraction of sp³-hybridized carbons (Fsp3) is 0.0625. The van der Waals surface area contributed by atoms with E-state index in [1.165, 1.54) is 13.0 Å². The Balaban J connectivity index is 2.20. The molecular weight excluding hydrogens is 240 g/mol. The van der Waals surface area contributed by atoms with Gasteiger partial charge >= 0.3 is 0 Å². The van der Waals surface area contributed by atoms with Gasteiger partial charge in [0.15, 0.2) is 5.78 Å². The molecule has 0 amide bonds. The van der Waals surface area contributed by atoms with E-state index < -0.39 is 0 Å². The van der Waals surface area contributed by atoms with Crippen LogP contribution < -0.4 is 0 Å². The maximum Gasteiger partial charge on any atom is 0.159 e. The topological polar surface area (TPSA) is 57.5 Å². The molecule has 0 spiro atoms. The van der Waals surface area contributed by atoms with Gasteiger partial charge in [-0.05, 0) is 30.2 Å². The highest BCUT2D eigenvalue weighted by Gasteiger charge is 1.98.